The van der Waals surface area contributed by atoms with Crippen LogP contribution in [0.2, 0.25) is 0 Å². The highest BCUT2D eigenvalue weighted by atomic mass is 16.5. The molecule has 3 atom stereocenters. The monoisotopic (exact) mass is 385 g/mol. The number of fused-ring (bicyclic) bond motifs is 3. The fourth-order valence-corrected chi connectivity index (χ4v) is 4.48. The molecule has 0 saturated carbocycles. The molecule has 3 aromatic rings. The van der Waals surface area contributed by atoms with Gasteiger partial charge in [0.25, 0.3) is 0 Å². The number of phenols is 1. The topological polar surface area (TPSA) is 50.7 Å². The zero-order valence-corrected chi connectivity index (χ0v) is 16.2. The number of hydrogen-bond donors (Lipinski definition) is 2. The maximum Gasteiger partial charge on any atom is 0.160 e. The van der Waals surface area contributed by atoms with Crippen molar-refractivity contribution >= 4 is 5.69 Å². The quantitative estimate of drug-likeness (QED) is 0.539. The highest BCUT2D eigenvalue weighted by Gasteiger charge is 2.38. The van der Waals surface area contributed by atoms with Gasteiger partial charge in [-0.15, -0.1) is 0 Å². The highest BCUT2D eigenvalue weighted by molar-refractivity contribution is 5.62. The molecule has 5 rings (SSSR count). The van der Waals surface area contributed by atoms with Crippen molar-refractivity contribution in [2.24, 2.45) is 5.92 Å². The van der Waals surface area contributed by atoms with Crippen LogP contribution in [0.1, 0.15) is 29.5 Å². The lowest BCUT2D eigenvalue weighted by Gasteiger charge is -2.37. The number of para-hydroxylation sites is 1. The number of methoxy groups -OCH3 is 1. The Morgan fingerprint density at radius 1 is 0.966 bits per heavy atom. The minimum absolute atomic E-state index is 0.151. The Labute approximate surface area is 170 Å². The average molecular weight is 385 g/mol. The predicted molar refractivity (Wildman–Crippen MR) is 114 cm³/mol. The largest absolute Gasteiger partial charge is 0.504 e. The van der Waals surface area contributed by atoms with Crippen molar-refractivity contribution in [3.8, 4) is 23.0 Å². The van der Waals surface area contributed by atoms with E-state index in [-0.39, 0.29) is 11.8 Å². The van der Waals surface area contributed by atoms with Crippen molar-refractivity contribution in [1.29, 1.82) is 0 Å². The number of benzene rings is 3. The molecule has 1 aliphatic heterocycles. The number of phenolic OH excluding ortho intramolecular Hbond substituents is 1. The van der Waals surface area contributed by atoms with Crippen LogP contribution >= 0.6 is 0 Å². The van der Waals surface area contributed by atoms with Crippen molar-refractivity contribution in [2.45, 2.75) is 18.4 Å². The van der Waals surface area contributed by atoms with Crippen molar-refractivity contribution in [1.82, 2.24) is 0 Å². The zero-order chi connectivity index (χ0) is 19.8. The molecule has 1 aliphatic carbocycles. The summed E-state index contributed by atoms with van der Waals surface area (Å²) < 4.78 is 11.4. The maximum atomic E-state index is 9.96. The van der Waals surface area contributed by atoms with Crippen LogP contribution in [0.15, 0.2) is 78.9 Å². The van der Waals surface area contributed by atoms with E-state index in [2.05, 4.69) is 29.6 Å². The standard InChI is InChI=1S/C25H23NO3/c1-28-24-14-16(10-13-23(24)27)25-20-9-5-8-19(20)21-15-18(11-12-22(21)26-25)29-17-6-3-2-4-7-17/h2-8,10-15,19-20,25-27H,9H2,1H3. The molecule has 0 aromatic heterocycles. The van der Waals surface area contributed by atoms with E-state index in [1.807, 2.05) is 48.5 Å². The van der Waals surface area contributed by atoms with Crippen LogP contribution in [0, 0.1) is 5.92 Å². The third-order valence-electron chi connectivity index (χ3n) is 5.88. The molecular weight excluding hydrogens is 362 g/mol. The fraction of sp³-hybridized carbons (Fsp3) is 0.200. The number of anilines is 1. The van der Waals surface area contributed by atoms with E-state index < -0.39 is 0 Å². The summed E-state index contributed by atoms with van der Waals surface area (Å²) in [6, 6.07) is 21.9. The van der Waals surface area contributed by atoms with E-state index in [4.69, 9.17) is 9.47 Å². The van der Waals surface area contributed by atoms with Crippen molar-refractivity contribution < 1.29 is 14.6 Å². The third-order valence-corrected chi connectivity index (χ3v) is 5.88. The molecule has 0 spiro atoms. The van der Waals surface area contributed by atoms with E-state index in [1.54, 1.807) is 13.2 Å². The molecule has 0 amide bonds. The van der Waals surface area contributed by atoms with Crippen molar-refractivity contribution in [3.05, 3.63) is 90.0 Å². The van der Waals surface area contributed by atoms with E-state index in [9.17, 15) is 5.11 Å². The van der Waals surface area contributed by atoms with E-state index in [0.717, 1.165) is 29.2 Å². The van der Waals surface area contributed by atoms with Crippen LogP contribution in [0.3, 0.4) is 0 Å². The number of allylic oxidation sites excluding steroid dienone is 2. The summed E-state index contributed by atoms with van der Waals surface area (Å²) in [6.45, 7) is 0. The Morgan fingerprint density at radius 3 is 2.66 bits per heavy atom. The van der Waals surface area contributed by atoms with Gasteiger partial charge in [0.05, 0.1) is 13.2 Å². The van der Waals surface area contributed by atoms with Crippen LogP contribution in [0.4, 0.5) is 5.69 Å². The lowest BCUT2D eigenvalue weighted by molar-refractivity contribution is 0.370. The Kier molecular flexibility index (Phi) is 4.39. The summed E-state index contributed by atoms with van der Waals surface area (Å²) >= 11 is 0. The van der Waals surface area contributed by atoms with E-state index in [0.29, 0.717) is 17.6 Å². The SMILES string of the molecule is COc1cc(C2Nc3ccc(Oc4ccccc4)cc3C3C=CCC32)ccc1O. The van der Waals surface area contributed by atoms with Gasteiger partial charge < -0.3 is 19.9 Å². The van der Waals surface area contributed by atoms with Gasteiger partial charge in [-0.1, -0.05) is 36.4 Å². The highest BCUT2D eigenvalue weighted by Crippen LogP contribution is 2.51. The van der Waals surface area contributed by atoms with Gasteiger partial charge in [0.1, 0.15) is 11.5 Å². The Bertz CT molecular complexity index is 1060. The summed E-state index contributed by atoms with van der Waals surface area (Å²) in [5.41, 5.74) is 3.50. The minimum atomic E-state index is 0.151. The molecule has 3 aromatic carbocycles. The van der Waals surface area contributed by atoms with Gasteiger partial charge in [0.2, 0.25) is 0 Å². The number of aromatic hydroxyl groups is 1. The molecule has 1 heterocycles. The molecule has 2 aliphatic rings. The molecule has 0 radical (unpaired) electrons. The van der Waals surface area contributed by atoms with Gasteiger partial charge in [-0.3, -0.25) is 0 Å². The first kappa shape index (κ1) is 17.7. The lowest BCUT2D eigenvalue weighted by Crippen LogP contribution is -2.29. The smallest absolute Gasteiger partial charge is 0.160 e. The average Bonchev–Trinajstić information content (AvgIpc) is 3.25. The molecule has 146 valence electrons. The Hall–Kier alpha value is -3.40. The van der Waals surface area contributed by atoms with Crippen LogP contribution in [0.25, 0.3) is 0 Å². The molecule has 29 heavy (non-hydrogen) atoms. The summed E-state index contributed by atoms with van der Waals surface area (Å²) in [5.74, 6) is 3.09. The molecule has 4 nitrogen and oxygen atoms in total. The van der Waals surface area contributed by atoms with Gasteiger partial charge in [-0.05, 0) is 65.9 Å². The normalized spacial score (nSPS) is 21.8. The molecule has 0 fully saturated rings. The second-order valence-electron chi connectivity index (χ2n) is 7.57. The molecule has 4 heteroatoms. The number of hydrogen-bond acceptors (Lipinski definition) is 4. The number of ether oxygens (including phenoxy) is 2. The van der Waals surface area contributed by atoms with E-state index >= 15 is 0 Å². The van der Waals surface area contributed by atoms with Crippen LogP contribution in [0.5, 0.6) is 23.0 Å². The van der Waals surface area contributed by atoms with Gasteiger partial charge in [0, 0.05) is 11.6 Å². The van der Waals surface area contributed by atoms with Crippen LogP contribution in [-0.2, 0) is 0 Å². The molecule has 0 bridgehead atoms. The van der Waals surface area contributed by atoms with Crippen molar-refractivity contribution in [3.63, 3.8) is 0 Å². The summed E-state index contributed by atoms with van der Waals surface area (Å²) in [6.07, 6.45) is 5.58. The summed E-state index contributed by atoms with van der Waals surface area (Å²) in [7, 11) is 1.58. The summed E-state index contributed by atoms with van der Waals surface area (Å²) in [5, 5.41) is 13.7. The van der Waals surface area contributed by atoms with Gasteiger partial charge >= 0.3 is 0 Å². The first-order valence-corrected chi connectivity index (χ1v) is 9.90. The van der Waals surface area contributed by atoms with E-state index in [1.165, 1.54) is 5.56 Å². The van der Waals surface area contributed by atoms with Gasteiger partial charge in [-0.25, -0.2) is 0 Å². The predicted octanol–water partition coefficient (Wildman–Crippen LogP) is 6.02. The second kappa shape index (κ2) is 7.21. The Balaban J connectivity index is 1.48. The first-order chi connectivity index (χ1) is 14.2. The van der Waals surface area contributed by atoms with Gasteiger partial charge in [0.15, 0.2) is 11.5 Å². The summed E-state index contributed by atoms with van der Waals surface area (Å²) in [4.78, 5) is 0. The first-order valence-electron chi connectivity index (χ1n) is 9.90. The number of rotatable bonds is 4. The number of nitrogens with one attached hydrogen (secondary N) is 1. The third kappa shape index (κ3) is 3.21. The molecule has 2 N–H and O–H groups in total. The van der Waals surface area contributed by atoms with Crippen LogP contribution < -0.4 is 14.8 Å². The minimum Gasteiger partial charge on any atom is -0.504 e. The fourth-order valence-electron chi connectivity index (χ4n) is 4.48. The molecule has 3 unspecified atom stereocenters. The molecule has 0 saturated heterocycles. The molecular formula is C25H23NO3. The van der Waals surface area contributed by atoms with Gasteiger partial charge in [-0.2, -0.15) is 0 Å². The van der Waals surface area contributed by atoms with Crippen LogP contribution in [-0.4, -0.2) is 12.2 Å². The lowest BCUT2D eigenvalue weighted by atomic mass is 9.77. The second-order valence-corrected chi connectivity index (χ2v) is 7.57. The van der Waals surface area contributed by atoms with Crippen molar-refractivity contribution in [2.75, 3.05) is 12.4 Å². The Morgan fingerprint density at radius 2 is 1.83 bits per heavy atom. The maximum absolute atomic E-state index is 9.96. The zero-order valence-electron chi connectivity index (χ0n) is 16.2.